The van der Waals surface area contributed by atoms with Gasteiger partial charge in [-0.15, -0.1) is 0 Å². The van der Waals surface area contributed by atoms with Gasteiger partial charge in [0.05, 0.1) is 14.7 Å². The summed E-state index contributed by atoms with van der Waals surface area (Å²) in [6.45, 7) is 7.84. The number of aromatic nitrogens is 3. The van der Waals surface area contributed by atoms with Gasteiger partial charge in [-0.2, -0.15) is 9.97 Å². The van der Waals surface area contributed by atoms with Crippen LogP contribution in [0.1, 0.15) is 5.82 Å². The minimum absolute atomic E-state index is 0.389. The van der Waals surface area contributed by atoms with Crippen LogP contribution in [0.2, 0.25) is 19.6 Å². The third-order valence-corrected chi connectivity index (χ3v) is 3.18. The third-order valence-electron chi connectivity index (χ3n) is 1.81. The molecule has 0 aromatic carbocycles. The first kappa shape index (κ1) is 13.1. The number of hydrogen-bond acceptors (Lipinski definition) is 5. The molecule has 0 atom stereocenters. The van der Waals surface area contributed by atoms with E-state index in [1.54, 1.807) is 7.11 Å². The van der Waals surface area contributed by atoms with E-state index in [2.05, 4.69) is 34.6 Å². The second kappa shape index (κ2) is 5.91. The Morgan fingerprint density at radius 1 is 1.19 bits per heavy atom. The van der Waals surface area contributed by atoms with Crippen molar-refractivity contribution in [3.63, 3.8) is 0 Å². The number of rotatable bonds is 6. The molecule has 6 heteroatoms. The third kappa shape index (κ3) is 5.18. The highest BCUT2D eigenvalue weighted by molar-refractivity contribution is 6.75. The summed E-state index contributed by atoms with van der Waals surface area (Å²) < 4.78 is 10.2. The summed E-state index contributed by atoms with van der Waals surface area (Å²) in [6, 6.07) is 1.33. The normalized spacial score (nSPS) is 11.5. The van der Waals surface area contributed by atoms with E-state index in [1.807, 2.05) is 0 Å². The fourth-order valence-electron chi connectivity index (χ4n) is 1.16. The van der Waals surface area contributed by atoms with Crippen LogP contribution in [0.5, 0.6) is 6.01 Å². The average molecular weight is 241 g/mol. The van der Waals surface area contributed by atoms with Crippen molar-refractivity contribution in [3.8, 4) is 6.01 Å². The molecule has 1 rings (SSSR count). The quantitative estimate of drug-likeness (QED) is 0.555. The van der Waals surface area contributed by atoms with Crippen LogP contribution in [0.15, 0.2) is 6.33 Å². The Labute approximate surface area is 97.3 Å². The van der Waals surface area contributed by atoms with Gasteiger partial charge < -0.3 is 9.47 Å². The second-order valence-corrected chi connectivity index (χ2v) is 10.2. The molecule has 0 unspecified atom stereocenters. The molecule has 1 aromatic heterocycles. The Bertz CT molecular complexity index is 328. The maximum Gasteiger partial charge on any atom is 0.319 e. The van der Waals surface area contributed by atoms with Crippen LogP contribution in [-0.2, 0) is 10.8 Å². The molecule has 0 radical (unpaired) electrons. The Morgan fingerprint density at radius 3 is 2.56 bits per heavy atom. The SMILES string of the molecule is COCCOc1ncnc(C[Si](C)(C)C)n1. The van der Waals surface area contributed by atoms with Crippen molar-refractivity contribution in [1.29, 1.82) is 0 Å². The lowest BCUT2D eigenvalue weighted by Gasteiger charge is -2.14. The fraction of sp³-hybridized carbons (Fsp3) is 0.700. The van der Waals surface area contributed by atoms with Crippen molar-refractivity contribution < 1.29 is 9.47 Å². The molecule has 16 heavy (non-hydrogen) atoms. The summed E-state index contributed by atoms with van der Waals surface area (Å²) in [6.07, 6.45) is 1.50. The molecule has 0 amide bonds. The van der Waals surface area contributed by atoms with Gasteiger partial charge in [0.15, 0.2) is 0 Å². The van der Waals surface area contributed by atoms with Crippen molar-refractivity contribution >= 4 is 8.07 Å². The maximum atomic E-state index is 5.33. The smallest absolute Gasteiger partial charge is 0.319 e. The predicted octanol–water partition coefficient (Wildman–Crippen LogP) is 1.32. The molecule has 0 bridgehead atoms. The monoisotopic (exact) mass is 241 g/mol. The van der Waals surface area contributed by atoms with Crippen LogP contribution in [0, 0.1) is 0 Å². The molecule has 5 nitrogen and oxygen atoms in total. The number of ether oxygens (including phenoxy) is 2. The van der Waals surface area contributed by atoms with Crippen LogP contribution in [0.25, 0.3) is 0 Å². The van der Waals surface area contributed by atoms with Crippen LogP contribution in [-0.4, -0.2) is 43.3 Å². The summed E-state index contributed by atoms with van der Waals surface area (Å²) in [5, 5.41) is 0. The van der Waals surface area contributed by atoms with E-state index in [1.165, 1.54) is 6.33 Å². The van der Waals surface area contributed by atoms with Crippen molar-refractivity contribution in [3.05, 3.63) is 12.2 Å². The summed E-state index contributed by atoms with van der Waals surface area (Å²) in [4.78, 5) is 12.4. The standard InChI is InChI=1S/C10H19N3O2Si/c1-14-5-6-15-10-12-8-11-9(13-10)7-16(2,3)4/h8H,5-7H2,1-4H3. The van der Waals surface area contributed by atoms with E-state index in [9.17, 15) is 0 Å². The Hall–Kier alpha value is -1.01. The van der Waals surface area contributed by atoms with Crippen molar-refractivity contribution in [1.82, 2.24) is 15.0 Å². The van der Waals surface area contributed by atoms with E-state index < -0.39 is 8.07 Å². The minimum Gasteiger partial charge on any atom is -0.461 e. The average Bonchev–Trinajstić information content (AvgIpc) is 2.16. The van der Waals surface area contributed by atoms with Gasteiger partial charge >= 0.3 is 6.01 Å². The first-order valence-corrected chi connectivity index (χ1v) is 9.01. The van der Waals surface area contributed by atoms with Crippen LogP contribution < -0.4 is 4.74 Å². The number of nitrogens with zero attached hydrogens (tertiary/aromatic N) is 3. The van der Waals surface area contributed by atoms with Gasteiger partial charge in [-0.05, 0) is 0 Å². The molecule has 0 saturated heterocycles. The van der Waals surface area contributed by atoms with Gasteiger partial charge in [0.1, 0.15) is 18.8 Å². The van der Waals surface area contributed by atoms with Gasteiger partial charge in [0.25, 0.3) is 0 Å². The first-order valence-electron chi connectivity index (χ1n) is 5.31. The highest BCUT2D eigenvalue weighted by Gasteiger charge is 2.16. The Balaban J connectivity index is 2.57. The molecular formula is C10H19N3O2Si. The van der Waals surface area contributed by atoms with Gasteiger partial charge in [-0.25, -0.2) is 4.98 Å². The highest BCUT2D eigenvalue weighted by atomic mass is 28.3. The molecule has 0 saturated carbocycles. The van der Waals surface area contributed by atoms with Crippen molar-refractivity contribution in [2.45, 2.75) is 25.7 Å². The molecule has 0 aliphatic rings. The lowest BCUT2D eigenvalue weighted by molar-refractivity contribution is 0.140. The summed E-state index contributed by atoms with van der Waals surface area (Å²) in [7, 11) is 0.440. The van der Waals surface area contributed by atoms with Gasteiger partial charge in [-0.1, -0.05) is 19.6 Å². The van der Waals surface area contributed by atoms with Gasteiger partial charge in [0, 0.05) is 13.2 Å². The minimum atomic E-state index is -1.19. The Kier molecular flexibility index (Phi) is 4.82. The van der Waals surface area contributed by atoms with Crippen LogP contribution in [0.3, 0.4) is 0 Å². The largest absolute Gasteiger partial charge is 0.461 e. The molecule has 0 aliphatic carbocycles. The molecule has 90 valence electrons. The summed E-state index contributed by atoms with van der Waals surface area (Å²) >= 11 is 0. The zero-order valence-electron chi connectivity index (χ0n) is 10.4. The molecule has 0 fully saturated rings. The number of hydrogen-bond donors (Lipinski definition) is 0. The highest BCUT2D eigenvalue weighted by Crippen LogP contribution is 2.09. The number of methoxy groups -OCH3 is 1. The molecule has 0 spiro atoms. The fourth-order valence-corrected chi connectivity index (χ4v) is 2.28. The maximum absolute atomic E-state index is 5.33. The first-order chi connectivity index (χ1) is 7.51. The second-order valence-electron chi connectivity index (χ2n) is 4.76. The summed E-state index contributed by atoms with van der Waals surface area (Å²) in [5.74, 6) is 0.821. The molecular weight excluding hydrogens is 222 g/mol. The van der Waals surface area contributed by atoms with E-state index in [0.717, 1.165) is 11.9 Å². The van der Waals surface area contributed by atoms with E-state index >= 15 is 0 Å². The summed E-state index contributed by atoms with van der Waals surface area (Å²) in [5.41, 5.74) is 0. The van der Waals surface area contributed by atoms with Gasteiger partial charge in [0.2, 0.25) is 0 Å². The van der Waals surface area contributed by atoms with Crippen LogP contribution >= 0.6 is 0 Å². The van der Waals surface area contributed by atoms with E-state index in [0.29, 0.717) is 19.2 Å². The Morgan fingerprint density at radius 2 is 1.94 bits per heavy atom. The predicted molar refractivity (Wildman–Crippen MR) is 64.2 cm³/mol. The lowest BCUT2D eigenvalue weighted by atomic mass is 10.7. The van der Waals surface area contributed by atoms with Crippen molar-refractivity contribution in [2.75, 3.05) is 20.3 Å². The van der Waals surface area contributed by atoms with Crippen LogP contribution in [0.4, 0.5) is 0 Å². The van der Waals surface area contributed by atoms with Crippen molar-refractivity contribution in [2.24, 2.45) is 0 Å². The van der Waals surface area contributed by atoms with Gasteiger partial charge in [-0.3, -0.25) is 0 Å². The topological polar surface area (TPSA) is 57.1 Å². The zero-order valence-corrected chi connectivity index (χ0v) is 11.4. The molecule has 1 heterocycles. The molecule has 1 aromatic rings. The zero-order chi connectivity index (χ0) is 12.0. The lowest BCUT2D eigenvalue weighted by Crippen LogP contribution is -2.25. The van der Waals surface area contributed by atoms with E-state index in [-0.39, 0.29) is 0 Å². The van der Waals surface area contributed by atoms with E-state index in [4.69, 9.17) is 9.47 Å². The molecule has 0 aliphatic heterocycles. The molecule has 0 N–H and O–H groups in total.